The van der Waals surface area contributed by atoms with E-state index in [1.807, 2.05) is 0 Å². The summed E-state index contributed by atoms with van der Waals surface area (Å²) in [7, 11) is 0. The molecule has 0 aromatic heterocycles. The Labute approximate surface area is 136 Å². The zero-order valence-electron chi connectivity index (χ0n) is 13.8. The molecule has 2 fully saturated rings. The summed E-state index contributed by atoms with van der Waals surface area (Å²) in [6.45, 7) is 5.72. The number of amides is 2. The zero-order valence-corrected chi connectivity index (χ0v) is 13.8. The fraction of sp³-hybridized carbons (Fsp3) is 0.750. The van der Waals surface area contributed by atoms with Crippen molar-refractivity contribution in [1.82, 2.24) is 9.80 Å². The van der Waals surface area contributed by atoms with Crippen LogP contribution in [0.25, 0.3) is 0 Å². The average molecular weight is 321 g/mol. The van der Waals surface area contributed by atoms with Gasteiger partial charge in [0.05, 0.1) is 12.1 Å². The summed E-state index contributed by atoms with van der Waals surface area (Å²) in [6.07, 6.45) is 2.31. The number of likely N-dealkylation sites (tertiary alicyclic amines) is 2. The van der Waals surface area contributed by atoms with Gasteiger partial charge in [0.25, 0.3) is 0 Å². The number of hydrogen-bond acceptors (Lipinski definition) is 5. The lowest BCUT2D eigenvalue weighted by atomic mass is 10.1. The lowest BCUT2D eigenvalue weighted by molar-refractivity contribution is -0.136. The quantitative estimate of drug-likeness (QED) is 0.718. The molecule has 0 aromatic carbocycles. The molecule has 126 valence electrons. The molecule has 2 heterocycles. The second kappa shape index (κ2) is 6.57. The van der Waals surface area contributed by atoms with Crippen molar-refractivity contribution in [2.24, 2.45) is 0 Å². The van der Waals surface area contributed by atoms with Crippen LogP contribution in [0.3, 0.4) is 0 Å². The Hall–Kier alpha value is -2.10. The minimum Gasteiger partial charge on any atom is -0.444 e. The van der Waals surface area contributed by atoms with Gasteiger partial charge in [-0.3, -0.25) is 9.69 Å². The van der Waals surface area contributed by atoms with Crippen LogP contribution in [0.5, 0.6) is 0 Å². The average Bonchev–Trinajstić information content (AvgIpc) is 3.10. The second-order valence-electron chi connectivity index (χ2n) is 7.00. The summed E-state index contributed by atoms with van der Waals surface area (Å²) in [5.74, 6) is -0.260. The maximum absolute atomic E-state index is 12.8. The maximum Gasteiger partial charge on any atom is 0.411 e. The number of ether oxygens (including phenoxy) is 1. The van der Waals surface area contributed by atoms with Crippen molar-refractivity contribution in [2.45, 2.75) is 70.2 Å². The molecular formula is C16H23N3O4. The van der Waals surface area contributed by atoms with E-state index in [0.717, 1.165) is 6.42 Å². The standard InChI is InChI=1S/C16H23N3O4/c1-16(2,3)23-15(22)19-12(10-20)6-7-13(19)14(21)18-8-4-5-11(18)9-17/h10-13H,4-8H2,1-3H3/t11?,12?,13-/m0/s1. The van der Waals surface area contributed by atoms with Crippen LogP contribution in [0.15, 0.2) is 0 Å². The first-order valence-electron chi connectivity index (χ1n) is 7.95. The summed E-state index contributed by atoms with van der Waals surface area (Å²) in [4.78, 5) is 39.2. The van der Waals surface area contributed by atoms with Crippen LogP contribution >= 0.6 is 0 Å². The Morgan fingerprint density at radius 1 is 1.26 bits per heavy atom. The Kier molecular flexibility index (Phi) is 4.93. The highest BCUT2D eigenvalue weighted by atomic mass is 16.6. The number of aldehydes is 1. The Morgan fingerprint density at radius 3 is 2.52 bits per heavy atom. The van der Waals surface area contributed by atoms with Gasteiger partial charge in [-0.05, 0) is 46.5 Å². The molecule has 2 amide bonds. The number of nitrogens with zero attached hydrogens (tertiary/aromatic N) is 3. The summed E-state index contributed by atoms with van der Waals surface area (Å²) in [5.41, 5.74) is -0.705. The van der Waals surface area contributed by atoms with Gasteiger partial charge in [0.2, 0.25) is 5.91 Å². The predicted octanol–water partition coefficient (Wildman–Crippen LogP) is 1.47. The van der Waals surface area contributed by atoms with Gasteiger partial charge in [-0.1, -0.05) is 0 Å². The SMILES string of the molecule is CC(C)(C)OC(=O)N1C(C=O)CC[C@H]1C(=O)N1CCCC1C#N. The van der Waals surface area contributed by atoms with Crippen molar-refractivity contribution in [3.8, 4) is 6.07 Å². The molecule has 2 aliphatic rings. The minimum atomic E-state index is -0.728. The van der Waals surface area contributed by atoms with Gasteiger partial charge >= 0.3 is 6.09 Å². The van der Waals surface area contributed by atoms with Crippen LogP contribution in [0, 0.1) is 11.3 Å². The van der Waals surface area contributed by atoms with Crippen LogP contribution in [-0.4, -0.2) is 58.4 Å². The molecule has 0 N–H and O–H groups in total. The Morgan fingerprint density at radius 2 is 1.96 bits per heavy atom. The maximum atomic E-state index is 12.8. The lowest BCUT2D eigenvalue weighted by Crippen LogP contribution is -2.52. The van der Waals surface area contributed by atoms with E-state index in [2.05, 4.69) is 6.07 Å². The molecule has 0 radical (unpaired) electrons. The predicted molar refractivity (Wildman–Crippen MR) is 81.3 cm³/mol. The van der Waals surface area contributed by atoms with Crippen molar-refractivity contribution in [3.63, 3.8) is 0 Å². The highest BCUT2D eigenvalue weighted by Gasteiger charge is 2.45. The third kappa shape index (κ3) is 3.63. The lowest BCUT2D eigenvalue weighted by Gasteiger charge is -2.32. The van der Waals surface area contributed by atoms with Crippen molar-refractivity contribution in [2.75, 3.05) is 6.54 Å². The smallest absolute Gasteiger partial charge is 0.411 e. The normalized spacial score (nSPS) is 27.7. The molecule has 2 rings (SSSR count). The fourth-order valence-electron chi connectivity index (χ4n) is 3.15. The van der Waals surface area contributed by atoms with Crippen LogP contribution in [0.1, 0.15) is 46.5 Å². The number of carbonyl (C=O) groups is 3. The van der Waals surface area contributed by atoms with Gasteiger partial charge in [-0.2, -0.15) is 5.26 Å². The van der Waals surface area contributed by atoms with E-state index in [1.165, 1.54) is 9.80 Å². The van der Waals surface area contributed by atoms with Crippen LogP contribution in [-0.2, 0) is 14.3 Å². The zero-order chi connectivity index (χ0) is 17.2. The van der Waals surface area contributed by atoms with Crippen LogP contribution < -0.4 is 0 Å². The molecule has 0 spiro atoms. The fourth-order valence-corrected chi connectivity index (χ4v) is 3.15. The highest BCUT2D eigenvalue weighted by Crippen LogP contribution is 2.29. The van der Waals surface area contributed by atoms with E-state index in [4.69, 9.17) is 10.00 Å². The van der Waals surface area contributed by atoms with E-state index in [-0.39, 0.29) is 5.91 Å². The number of carbonyl (C=O) groups excluding carboxylic acids is 3. The molecule has 7 nitrogen and oxygen atoms in total. The molecule has 0 aromatic rings. The summed E-state index contributed by atoms with van der Waals surface area (Å²) < 4.78 is 5.34. The number of rotatable bonds is 2. The number of nitriles is 1. The van der Waals surface area contributed by atoms with E-state index < -0.39 is 29.8 Å². The molecule has 2 aliphatic heterocycles. The second-order valence-corrected chi connectivity index (χ2v) is 7.00. The molecular weight excluding hydrogens is 298 g/mol. The topological polar surface area (TPSA) is 90.7 Å². The summed E-state index contributed by atoms with van der Waals surface area (Å²) >= 11 is 0. The van der Waals surface area contributed by atoms with Crippen LogP contribution in [0.2, 0.25) is 0 Å². The first-order chi connectivity index (χ1) is 10.8. The third-order valence-corrected chi connectivity index (χ3v) is 4.16. The van der Waals surface area contributed by atoms with E-state index >= 15 is 0 Å². The van der Waals surface area contributed by atoms with Crippen LogP contribution in [0.4, 0.5) is 4.79 Å². The highest BCUT2D eigenvalue weighted by molar-refractivity contribution is 5.89. The third-order valence-electron chi connectivity index (χ3n) is 4.16. The van der Waals surface area contributed by atoms with Gasteiger partial charge in [-0.25, -0.2) is 4.79 Å². The van der Waals surface area contributed by atoms with Crippen molar-refractivity contribution in [1.29, 1.82) is 5.26 Å². The van der Waals surface area contributed by atoms with E-state index in [9.17, 15) is 14.4 Å². The minimum absolute atomic E-state index is 0.260. The van der Waals surface area contributed by atoms with Crippen molar-refractivity contribution in [3.05, 3.63) is 0 Å². The Bertz CT molecular complexity index is 534. The number of hydrogen-bond donors (Lipinski definition) is 0. The molecule has 0 saturated carbocycles. The molecule has 3 atom stereocenters. The van der Waals surface area contributed by atoms with E-state index in [1.54, 1.807) is 20.8 Å². The van der Waals surface area contributed by atoms with Gasteiger partial charge in [0.15, 0.2) is 0 Å². The van der Waals surface area contributed by atoms with Crippen molar-refractivity contribution >= 4 is 18.3 Å². The van der Waals surface area contributed by atoms with Gasteiger partial charge in [-0.15, -0.1) is 0 Å². The van der Waals surface area contributed by atoms with Gasteiger partial charge < -0.3 is 14.4 Å². The molecule has 2 unspecified atom stereocenters. The summed E-state index contributed by atoms with van der Waals surface area (Å²) in [5, 5.41) is 9.15. The van der Waals surface area contributed by atoms with Crippen molar-refractivity contribution < 1.29 is 19.1 Å². The first kappa shape index (κ1) is 17.3. The van der Waals surface area contributed by atoms with Gasteiger partial charge in [0.1, 0.15) is 24.0 Å². The van der Waals surface area contributed by atoms with Gasteiger partial charge in [0, 0.05) is 6.54 Å². The first-order valence-corrected chi connectivity index (χ1v) is 7.95. The molecule has 23 heavy (non-hydrogen) atoms. The molecule has 0 aliphatic carbocycles. The van der Waals surface area contributed by atoms with E-state index in [0.29, 0.717) is 32.1 Å². The molecule has 7 heteroatoms. The molecule has 2 saturated heterocycles. The Balaban J connectivity index is 2.19. The molecule has 0 bridgehead atoms. The monoisotopic (exact) mass is 321 g/mol. The largest absolute Gasteiger partial charge is 0.444 e. The summed E-state index contributed by atoms with van der Waals surface area (Å²) in [6, 6.07) is 0.302.